The predicted molar refractivity (Wildman–Crippen MR) is 89.9 cm³/mol. The van der Waals surface area contributed by atoms with Gasteiger partial charge in [0.2, 0.25) is 0 Å². The number of aromatic nitrogens is 2. The minimum Gasteiger partial charge on any atom is -0.345 e. The lowest BCUT2D eigenvalue weighted by molar-refractivity contribution is 0.643. The minimum absolute atomic E-state index is 0.548. The van der Waals surface area contributed by atoms with Crippen molar-refractivity contribution in [2.45, 2.75) is 32.6 Å². The molecule has 0 saturated carbocycles. The van der Waals surface area contributed by atoms with Crippen molar-refractivity contribution in [1.82, 2.24) is 9.97 Å². The summed E-state index contributed by atoms with van der Waals surface area (Å²) in [4.78, 5) is 7.66. The monoisotopic (exact) mass is 298 g/mol. The smallest absolute Gasteiger partial charge is 0.0960 e. The second kappa shape index (κ2) is 5.90. The second-order valence-corrected chi connectivity index (χ2v) is 5.79. The highest BCUT2D eigenvalue weighted by atomic mass is 35.5. The van der Waals surface area contributed by atoms with Crippen LogP contribution in [0.2, 0.25) is 5.02 Å². The van der Waals surface area contributed by atoms with E-state index >= 15 is 0 Å². The van der Waals surface area contributed by atoms with Crippen LogP contribution in [0.3, 0.4) is 0 Å². The molecule has 0 fully saturated rings. The summed E-state index contributed by atoms with van der Waals surface area (Å²) in [5.74, 6) is 0.548. The molecule has 0 bridgehead atoms. The third-order valence-corrected chi connectivity index (χ3v) is 4.42. The molecule has 108 valence electrons. The summed E-state index contributed by atoms with van der Waals surface area (Å²) < 4.78 is 0. The Morgan fingerprint density at radius 1 is 1.10 bits per heavy atom. The van der Waals surface area contributed by atoms with Crippen LogP contribution < -0.4 is 0 Å². The fraction of sp³-hybridized carbons (Fsp3) is 0.278. The molecule has 1 N–H and O–H groups in total. The fourth-order valence-electron chi connectivity index (χ4n) is 3.03. The van der Waals surface area contributed by atoms with Crippen LogP contribution in [0.25, 0.3) is 22.2 Å². The third kappa shape index (κ3) is 2.56. The van der Waals surface area contributed by atoms with Crippen molar-refractivity contribution >= 4 is 22.6 Å². The van der Waals surface area contributed by atoms with Gasteiger partial charge in [-0.15, -0.1) is 0 Å². The number of para-hydroxylation sites is 1. The summed E-state index contributed by atoms with van der Waals surface area (Å²) in [5.41, 5.74) is 5.78. The molecule has 0 aliphatic heterocycles. The number of aromatic amines is 1. The largest absolute Gasteiger partial charge is 0.345 e. The number of hydrogen-bond donors (Lipinski definition) is 1. The van der Waals surface area contributed by atoms with Gasteiger partial charge in [-0.2, -0.15) is 0 Å². The maximum atomic E-state index is 6.25. The molecule has 0 spiro atoms. The van der Waals surface area contributed by atoms with Crippen molar-refractivity contribution < 1.29 is 0 Å². The first kappa shape index (κ1) is 14.2. The summed E-state index contributed by atoms with van der Waals surface area (Å²) in [6.45, 7) is 4.48. The van der Waals surface area contributed by atoms with E-state index in [0.29, 0.717) is 5.92 Å². The quantitative estimate of drug-likeness (QED) is 0.649. The third-order valence-electron chi connectivity index (χ3n) is 4.18. The number of fused-ring (bicyclic) bond motifs is 1. The zero-order chi connectivity index (χ0) is 14.8. The predicted octanol–water partition coefficient (Wildman–Crippen LogP) is 5.79. The van der Waals surface area contributed by atoms with E-state index in [0.717, 1.165) is 34.5 Å². The second-order valence-electron chi connectivity index (χ2n) is 5.35. The molecule has 1 aromatic heterocycles. The Labute approximate surface area is 130 Å². The Morgan fingerprint density at radius 2 is 1.90 bits per heavy atom. The van der Waals surface area contributed by atoms with Crippen LogP contribution in [0, 0.1) is 0 Å². The average Bonchev–Trinajstić information content (AvgIpc) is 2.98. The first-order valence-corrected chi connectivity index (χ1v) is 7.84. The number of nitrogens with one attached hydrogen (secondary N) is 1. The molecule has 3 aromatic rings. The van der Waals surface area contributed by atoms with Crippen molar-refractivity contribution in [3.8, 4) is 11.1 Å². The Balaban J connectivity index is 2.26. The molecular formula is C18H19ClN2. The van der Waals surface area contributed by atoms with Crippen LogP contribution in [0.4, 0.5) is 0 Å². The molecule has 0 aliphatic rings. The first-order valence-electron chi connectivity index (χ1n) is 7.46. The Bertz CT molecular complexity index is 757. The molecule has 3 rings (SSSR count). The van der Waals surface area contributed by atoms with Gasteiger partial charge >= 0.3 is 0 Å². The molecule has 0 saturated heterocycles. The number of imidazole rings is 1. The summed E-state index contributed by atoms with van der Waals surface area (Å²) >= 11 is 6.25. The number of nitrogens with zero attached hydrogens (tertiary/aromatic N) is 1. The van der Waals surface area contributed by atoms with Gasteiger partial charge < -0.3 is 4.98 Å². The van der Waals surface area contributed by atoms with Crippen LogP contribution in [-0.4, -0.2) is 9.97 Å². The molecular weight excluding hydrogens is 280 g/mol. The minimum atomic E-state index is 0.548. The highest BCUT2D eigenvalue weighted by Crippen LogP contribution is 2.37. The van der Waals surface area contributed by atoms with Gasteiger partial charge in [0.15, 0.2) is 0 Å². The van der Waals surface area contributed by atoms with Gasteiger partial charge in [-0.3, -0.25) is 0 Å². The number of rotatable bonds is 4. The van der Waals surface area contributed by atoms with Gasteiger partial charge in [-0.1, -0.05) is 43.6 Å². The lowest BCUT2D eigenvalue weighted by Gasteiger charge is -2.18. The van der Waals surface area contributed by atoms with Crippen LogP contribution in [0.1, 0.15) is 38.2 Å². The summed E-state index contributed by atoms with van der Waals surface area (Å²) in [5, 5.41) is 0.771. The summed E-state index contributed by atoms with van der Waals surface area (Å²) in [7, 11) is 0. The van der Waals surface area contributed by atoms with Gasteiger partial charge in [0.25, 0.3) is 0 Å². The van der Waals surface area contributed by atoms with Crippen LogP contribution >= 0.6 is 11.6 Å². The Kier molecular flexibility index (Phi) is 3.98. The Morgan fingerprint density at radius 3 is 2.67 bits per heavy atom. The van der Waals surface area contributed by atoms with Gasteiger partial charge in [-0.05, 0) is 48.1 Å². The van der Waals surface area contributed by atoms with Gasteiger partial charge in [-0.25, -0.2) is 4.98 Å². The maximum Gasteiger partial charge on any atom is 0.0960 e. The number of hydrogen-bond acceptors (Lipinski definition) is 1. The Hall–Kier alpha value is -1.80. The van der Waals surface area contributed by atoms with Crippen molar-refractivity contribution in [2.75, 3.05) is 0 Å². The molecule has 0 unspecified atom stereocenters. The lowest BCUT2D eigenvalue weighted by Crippen LogP contribution is -1.99. The molecule has 0 amide bonds. The number of benzene rings is 2. The SMILES string of the molecule is CCC(CC)c1ccc(Cl)cc1-c1cccc2[nH]cnc12. The maximum absolute atomic E-state index is 6.25. The molecule has 21 heavy (non-hydrogen) atoms. The van der Waals surface area contributed by atoms with E-state index in [1.807, 2.05) is 12.1 Å². The molecule has 3 heteroatoms. The zero-order valence-electron chi connectivity index (χ0n) is 12.4. The van der Waals surface area contributed by atoms with Crippen LogP contribution in [-0.2, 0) is 0 Å². The number of halogens is 1. The fourth-order valence-corrected chi connectivity index (χ4v) is 3.20. The summed E-state index contributed by atoms with van der Waals surface area (Å²) in [6.07, 6.45) is 4.00. The average molecular weight is 299 g/mol. The van der Waals surface area contributed by atoms with E-state index in [9.17, 15) is 0 Å². The summed E-state index contributed by atoms with van der Waals surface area (Å²) in [6, 6.07) is 12.5. The normalized spacial score (nSPS) is 11.4. The van der Waals surface area contributed by atoms with Crippen molar-refractivity contribution in [2.24, 2.45) is 0 Å². The van der Waals surface area contributed by atoms with Crippen LogP contribution in [0.5, 0.6) is 0 Å². The van der Waals surface area contributed by atoms with E-state index in [1.54, 1.807) is 6.33 Å². The van der Waals surface area contributed by atoms with Crippen LogP contribution in [0.15, 0.2) is 42.7 Å². The molecule has 0 radical (unpaired) electrons. The van der Waals surface area contributed by atoms with Crippen molar-refractivity contribution in [3.63, 3.8) is 0 Å². The van der Waals surface area contributed by atoms with Crippen molar-refractivity contribution in [3.05, 3.63) is 53.3 Å². The highest BCUT2D eigenvalue weighted by Gasteiger charge is 2.16. The highest BCUT2D eigenvalue weighted by molar-refractivity contribution is 6.31. The van der Waals surface area contributed by atoms with Gasteiger partial charge in [0.1, 0.15) is 0 Å². The molecule has 2 nitrogen and oxygen atoms in total. The zero-order valence-corrected chi connectivity index (χ0v) is 13.1. The first-order chi connectivity index (χ1) is 10.2. The van der Waals surface area contributed by atoms with E-state index < -0.39 is 0 Å². The molecule has 0 aliphatic carbocycles. The molecule has 0 atom stereocenters. The lowest BCUT2D eigenvalue weighted by atomic mass is 9.87. The van der Waals surface area contributed by atoms with Crippen molar-refractivity contribution in [1.29, 1.82) is 0 Å². The van der Waals surface area contributed by atoms with E-state index in [2.05, 4.69) is 48.1 Å². The molecule has 1 heterocycles. The topological polar surface area (TPSA) is 28.7 Å². The van der Waals surface area contributed by atoms with Gasteiger partial charge in [0.05, 0.1) is 17.4 Å². The molecule has 2 aromatic carbocycles. The number of H-pyrrole nitrogens is 1. The van der Waals surface area contributed by atoms with E-state index in [1.165, 1.54) is 11.1 Å². The van der Waals surface area contributed by atoms with E-state index in [-0.39, 0.29) is 0 Å². The van der Waals surface area contributed by atoms with E-state index in [4.69, 9.17) is 11.6 Å². The standard InChI is InChI=1S/C18H19ClN2/c1-3-12(4-2)14-9-8-13(19)10-16(14)15-6-5-7-17-18(15)21-11-20-17/h5-12H,3-4H2,1-2H3,(H,20,21). The van der Waals surface area contributed by atoms with Gasteiger partial charge in [0, 0.05) is 10.6 Å².